The van der Waals surface area contributed by atoms with E-state index in [1.54, 1.807) is 0 Å². The van der Waals surface area contributed by atoms with E-state index in [-0.39, 0.29) is 5.91 Å². The van der Waals surface area contributed by atoms with Gasteiger partial charge in [-0.1, -0.05) is 42.5 Å². The summed E-state index contributed by atoms with van der Waals surface area (Å²) >= 11 is 0. The number of para-hydroxylation sites is 2. The predicted molar refractivity (Wildman–Crippen MR) is 133 cm³/mol. The Morgan fingerprint density at radius 2 is 1.79 bits per heavy atom. The number of carbonyl (C=O) groups is 1. The summed E-state index contributed by atoms with van der Waals surface area (Å²) in [6.45, 7) is 6.14. The molecule has 0 atom stereocenters. The summed E-state index contributed by atoms with van der Waals surface area (Å²) < 4.78 is 8.22. The Kier molecular flexibility index (Phi) is 7.40. The first-order valence-corrected chi connectivity index (χ1v) is 11.6. The van der Waals surface area contributed by atoms with Gasteiger partial charge in [0.05, 0.1) is 17.6 Å². The molecule has 4 aromatic rings. The van der Waals surface area contributed by atoms with Gasteiger partial charge >= 0.3 is 0 Å². The molecule has 1 amide bonds. The van der Waals surface area contributed by atoms with Crippen LogP contribution in [0.25, 0.3) is 11.0 Å². The molecule has 0 aliphatic rings. The van der Waals surface area contributed by atoms with Crippen molar-refractivity contribution in [1.82, 2.24) is 14.9 Å². The number of nitrogens with one attached hydrogen (secondary N) is 1. The number of aryl methyl sites for hydroxylation is 4. The standard InChI is InChI=1S/C28H31N3O2/c1-21-10-7-12-23(20-21)33-19-9-18-31-26-15-6-5-14-25(26)30-27(31)16-8-17-29-28(32)24-13-4-3-11-22(24)2/h3-7,10-15,20H,8-9,16-19H2,1-2H3,(H,29,32). The van der Waals surface area contributed by atoms with Gasteiger partial charge in [-0.25, -0.2) is 4.98 Å². The van der Waals surface area contributed by atoms with Crippen molar-refractivity contribution >= 4 is 16.9 Å². The summed E-state index contributed by atoms with van der Waals surface area (Å²) in [6.07, 6.45) is 2.54. The highest BCUT2D eigenvalue weighted by Gasteiger charge is 2.11. The summed E-state index contributed by atoms with van der Waals surface area (Å²) in [4.78, 5) is 17.3. The van der Waals surface area contributed by atoms with Crippen LogP contribution in [0.15, 0.2) is 72.8 Å². The highest BCUT2D eigenvalue weighted by Crippen LogP contribution is 2.18. The fourth-order valence-corrected chi connectivity index (χ4v) is 4.05. The number of rotatable bonds is 10. The lowest BCUT2D eigenvalue weighted by Crippen LogP contribution is -2.25. The fraction of sp³-hybridized carbons (Fsp3) is 0.286. The van der Waals surface area contributed by atoms with Gasteiger partial charge in [-0.2, -0.15) is 0 Å². The van der Waals surface area contributed by atoms with Crippen LogP contribution in [-0.4, -0.2) is 28.6 Å². The Labute approximate surface area is 195 Å². The third-order valence-corrected chi connectivity index (χ3v) is 5.77. The molecule has 0 saturated heterocycles. The molecule has 3 aromatic carbocycles. The van der Waals surface area contributed by atoms with Gasteiger partial charge in [-0.05, 0) is 68.1 Å². The molecule has 170 valence electrons. The van der Waals surface area contributed by atoms with Crippen LogP contribution in [0.5, 0.6) is 5.75 Å². The lowest BCUT2D eigenvalue weighted by Gasteiger charge is -2.11. The van der Waals surface area contributed by atoms with Crippen LogP contribution >= 0.6 is 0 Å². The Hall–Kier alpha value is -3.60. The molecule has 0 unspecified atom stereocenters. The minimum Gasteiger partial charge on any atom is -0.494 e. The summed E-state index contributed by atoms with van der Waals surface area (Å²) in [7, 11) is 0. The molecular formula is C28H31N3O2. The van der Waals surface area contributed by atoms with Gasteiger partial charge in [0.2, 0.25) is 0 Å². The molecule has 33 heavy (non-hydrogen) atoms. The minimum absolute atomic E-state index is 0.0186. The number of amides is 1. The molecule has 0 fully saturated rings. The molecule has 5 heteroatoms. The summed E-state index contributed by atoms with van der Waals surface area (Å²) in [6, 6.07) is 24.1. The van der Waals surface area contributed by atoms with Crippen molar-refractivity contribution < 1.29 is 9.53 Å². The van der Waals surface area contributed by atoms with Crippen molar-refractivity contribution in [3.63, 3.8) is 0 Å². The summed E-state index contributed by atoms with van der Waals surface area (Å²) in [5.74, 6) is 1.95. The van der Waals surface area contributed by atoms with Crippen molar-refractivity contribution in [2.45, 2.75) is 39.7 Å². The predicted octanol–water partition coefficient (Wildman–Crippen LogP) is 5.48. The first kappa shape index (κ1) is 22.6. The maximum absolute atomic E-state index is 12.5. The Bertz CT molecular complexity index is 1230. The largest absolute Gasteiger partial charge is 0.494 e. The maximum Gasteiger partial charge on any atom is 0.251 e. The second kappa shape index (κ2) is 10.8. The quantitative estimate of drug-likeness (QED) is 0.331. The number of imidazole rings is 1. The zero-order valence-corrected chi connectivity index (χ0v) is 19.4. The van der Waals surface area contributed by atoms with Crippen LogP contribution in [0.1, 0.15) is 40.2 Å². The molecule has 0 saturated carbocycles. The highest BCUT2D eigenvalue weighted by atomic mass is 16.5. The number of aromatic nitrogens is 2. The molecule has 0 bridgehead atoms. The van der Waals surface area contributed by atoms with Crippen molar-refractivity contribution in [1.29, 1.82) is 0 Å². The van der Waals surface area contributed by atoms with Crippen LogP contribution in [0.3, 0.4) is 0 Å². The van der Waals surface area contributed by atoms with Gasteiger partial charge < -0.3 is 14.6 Å². The molecule has 0 aliphatic carbocycles. The molecule has 1 aromatic heterocycles. The van der Waals surface area contributed by atoms with E-state index in [2.05, 4.69) is 47.1 Å². The van der Waals surface area contributed by atoms with Crippen LogP contribution in [0.4, 0.5) is 0 Å². The number of hydrogen-bond donors (Lipinski definition) is 1. The lowest BCUT2D eigenvalue weighted by atomic mass is 10.1. The van der Waals surface area contributed by atoms with Crippen molar-refractivity contribution in [3.8, 4) is 5.75 Å². The van der Waals surface area contributed by atoms with Crippen molar-refractivity contribution in [2.24, 2.45) is 0 Å². The average Bonchev–Trinajstić information content (AvgIpc) is 3.17. The molecule has 4 rings (SSSR count). The second-order valence-corrected chi connectivity index (χ2v) is 8.36. The van der Waals surface area contributed by atoms with Gasteiger partial charge in [-0.3, -0.25) is 4.79 Å². The SMILES string of the molecule is Cc1cccc(OCCCn2c(CCCNC(=O)c3ccccc3C)nc3ccccc32)c1. The number of carbonyl (C=O) groups excluding carboxylic acids is 1. The van der Waals surface area contributed by atoms with E-state index in [9.17, 15) is 4.79 Å². The van der Waals surface area contributed by atoms with E-state index in [4.69, 9.17) is 9.72 Å². The molecular weight excluding hydrogens is 410 g/mol. The van der Waals surface area contributed by atoms with E-state index in [0.717, 1.165) is 59.5 Å². The van der Waals surface area contributed by atoms with Crippen LogP contribution in [0, 0.1) is 13.8 Å². The number of ether oxygens (including phenoxy) is 1. The molecule has 5 nitrogen and oxygen atoms in total. The number of benzene rings is 3. The zero-order valence-electron chi connectivity index (χ0n) is 19.4. The topological polar surface area (TPSA) is 56.1 Å². The smallest absolute Gasteiger partial charge is 0.251 e. The molecule has 0 spiro atoms. The second-order valence-electron chi connectivity index (χ2n) is 8.36. The number of fused-ring (bicyclic) bond motifs is 1. The third kappa shape index (κ3) is 5.80. The lowest BCUT2D eigenvalue weighted by molar-refractivity contribution is 0.0952. The Morgan fingerprint density at radius 3 is 2.64 bits per heavy atom. The summed E-state index contributed by atoms with van der Waals surface area (Å²) in [5, 5.41) is 3.04. The van der Waals surface area contributed by atoms with Crippen LogP contribution in [0.2, 0.25) is 0 Å². The molecule has 0 aliphatic heterocycles. The Balaban J connectivity index is 1.33. The molecule has 1 heterocycles. The first-order valence-electron chi connectivity index (χ1n) is 11.6. The van der Waals surface area contributed by atoms with Gasteiger partial charge in [0.25, 0.3) is 5.91 Å². The molecule has 0 radical (unpaired) electrons. The van der Waals surface area contributed by atoms with Crippen LogP contribution < -0.4 is 10.1 Å². The zero-order chi connectivity index (χ0) is 23.0. The minimum atomic E-state index is -0.0186. The van der Waals surface area contributed by atoms with E-state index in [1.807, 2.05) is 49.4 Å². The van der Waals surface area contributed by atoms with Gasteiger partial charge in [-0.15, -0.1) is 0 Å². The third-order valence-electron chi connectivity index (χ3n) is 5.77. The normalized spacial score (nSPS) is 11.0. The Morgan fingerprint density at radius 1 is 0.970 bits per heavy atom. The van der Waals surface area contributed by atoms with Crippen molar-refractivity contribution in [3.05, 3.63) is 95.3 Å². The van der Waals surface area contributed by atoms with E-state index < -0.39 is 0 Å². The van der Waals surface area contributed by atoms with Crippen LogP contribution in [-0.2, 0) is 13.0 Å². The average molecular weight is 442 g/mol. The monoisotopic (exact) mass is 441 g/mol. The van der Waals surface area contributed by atoms with Crippen molar-refractivity contribution in [2.75, 3.05) is 13.2 Å². The van der Waals surface area contributed by atoms with E-state index in [1.165, 1.54) is 5.56 Å². The van der Waals surface area contributed by atoms with E-state index in [0.29, 0.717) is 13.2 Å². The first-order chi connectivity index (χ1) is 16.1. The van der Waals surface area contributed by atoms with Gasteiger partial charge in [0.15, 0.2) is 0 Å². The summed E-state index contributed by atoms with van der Waals surface area (Å²) in [5.41, 5.74) is 5.08. The van der Waals surface area contributed by atoms with Gasteiger partial charge in [0, 0.05) is 25.1 Å². The van der Waals surface area contributed by atoms with Gasteiger partial charge in [0.1, 0.15) is 11.6 Å². The highest BCUT2D eigenvalue weighted by molar-refractivity contribution is 5.95. The fourth-order valence-electron chi connectivity index (χ4n) is 4.05. The molecule has 1 N–H and O–H groups in total. The number of nitrogens with zero attached hydrogens (tertiary/aromatic N) is 2. The maximum atomic E-state index is 12.5. The number of hydrogen-bond acceptors (Lipinski definition) is 3. The van der Waals surface area contributed by atoms with E-state index >= 15 is 0 Å².